The Morgan fingerprint density at radius 2 is 1.75 bits per heavy atom. The normalized spacial score (nSPS) is 12.7. The summed E-state index contributed by atoms with van der Waals surface area (Å²) in [6, 6.07) is 0. The van der Waals surface area contributed by atoms with Crippen LogP contribution < -0.4 is 5.73 Å². The van der Waals surface area contributed by atoms with E-state index in [0.29, 0.717) is 0 Å². The van der Waals surface area contributed by atoms with E-state index in [9.17, 15) is 13.2 Å². The summed E-state index contributed by atoms with van der Waals surface area (Å²) in [7, 11) is -3.88. The maximum Gasteiger partial charge on any atom is 0.332 e. The van der Waals surface area contributed by atoms with Gasteiger partial charge < -0.3 is 15.9 Å². The highest BCUT2D eigenvalue weighted by Crippen LogP contribution is 1.73. The number of aliphatic hydroxyl groups is 1. The van der Waals surface area contributed by atoms with Gasteiger partial charge >= 0.3 is 5.97 Å². The lowest BCUT2D eigenvalue weighted by atomic mass is 10.4. The molecule has 0 saturated heterocycles. The summed E-state index contributed by atoms with van der Waals surface area (Å²) in [6.07, 6.45) is -1.23. The fraction of sp³-hybridized carbons (Fsp3) is 0.750. The van der Waals surface area contributed by atoms with Crippen LogP contribution in [0, 0.1) is 0 Å². The van der Waals surface area contributed by atoms with Crippen LogP contribution in [0.1, 0.15) is 6.92 Å². The van der Waals surface area contributed by atoms with Crippen molar-refractivity contribution in [2.24, 2.45) is 5.73 Å². The predicted octanol–water partition coefficient (Wildman–Crippen LogP) is -1.76. The number of hydrogen-bond donors (Lipinski definition) is 4. The summed E-state index contributed by atoms with van der Waals surface area (Å²) in [5, 5.41) is 15.8. The Bertz CT molecular complexity index is 220. The van der Waals surface area contributed by atoms with E-state index in [2.05, 4.69) is 5.73 Å². The number of aliphatic hydroxyl groups excluding tert-OH is 1. The largest absolute Gasteiger partial charge is 0.479 e. The van der Waals surface area contributed by atoms with Gasteiger partial charge in [0.15, 0.2) is 0 Å². The molecule has 0 amide bonds. The van der Waals surface area contributed by atoms with Gasteiger partial charge in [-0.05, 0) is 6.92 Å². The van der Waals surface area contributed by atoms with Gasteiger partial charge in [-0.1, -0.05) is 0 Å². The molecule has 1 unspecified atom stereocenters. The molecule has 0 aromatic heterocycles. The van der Waals surface area contributed by atoms with Crippen molar-refractivity contribution in [1.29, 1.82) is 0 Å². The summed E-state index contributed by atoms with van der Waals surface area (Å²) in [4.78, 5) is 9.45. The molecule has 0 fully saturated rings. The molecule has 0 heterocycles. The van der Waals surface area contributed by atoms with Crippen molar-refractivity contribution < 1.29 is 28.0 Å². The summed E-state index contributed by atoms with van der Waals surface area (Å²) in [5.41, 5.74) is 4.47. The molecular weight excluding hydrogens is 190 g/mol. The predicted molar refractivity (Wildman–Crippen MR) is 39.9 cm³/mol. The van der Waals surface area contributed by atoms with Crippen molar-refractivity contribution in [1.82, 2.24) is 0 Å². The zero-order chi connectivity index (χ0) is 10.4. The van der Waals surface area contributed by atoms with Gasteiger partial charge in [-0.15, -0.1) is 0 Å². The summed E-state index contributed by atoms with van der Waals surface area (Å²) in [6.45, 7) is 1.20. The van der Waals surface area contributed by atoms with Crippen molar-refractivity contribution >= 4 is 16.1 Å². The van der Waals surface area contributed by atoms with Crippen molar-refractivity contribution in [3.8, 4) is 0 Å². The first-order valence-corrected chi connectivity index (χ1v) is 4.37. The number of nitrogens with two attached hydrogens (primary N) is 1. The summed E-state index contributed by atoms with van der Waals surface area (Å²) in [5.74, 6) is -1.89. The number of rotatable bonds is 2. The standard InChI is InChI=1S/C3H6O3.CH5NO3S/c1-2(4)3(5)6;2-1-6(3,4)5/h2,4H,1H3,(H,5,6);1-2H2,(H,3,4,5). The van der Waals surface area contributed by atoms with Crippen LogP contribution in [-0.4, -0.2) is 41.1 Å². The molecule has 0 aliphatic carbocycles. The Kier molecular flexibility index (Phi) is 6.80. The minimum absolute atomic E-state index is 0.701. The second kappa shape index (κ2) is 5.89. The van der Waals surface area contributed by atoms with Gasteiger partial charge in [0.25, 0.3) is 10.1 Å². The zero-order valence-electron chi connectivity index (χ0n) is 6.34. The van der Waals surface area contributed by atoms with Gasteiger partial charge in [-0.3, -0.25) is 4.55 Å². The van der Waals surface area contributed by atoms with Gasteiger partial charge in [0.05, 0.1) is 0 Å². The van der Waals surface area contributed by atoms with Crippen LogP contribution in [0.5, 0.6) is 0 Å². The van der Waals surface area contributed by atoms with Crippen LogP contribution in [0.2, 0.25) is 0 Å². The Morgan fingerprint density at radius 3 is 1.75 bits per heavy atom. The molecule has 0 aromatic carbocycles. The first-order chi connectivity index (χ1) is 5.20. The molecule has 0 radical (unpaired) electrons. The molecule has 0 bridgehead atoms. The Labute approximate surface area is 69.6 Å². The van der Waals surface area contributed by atoms with Crippen LogP contribution >= 0.6 is 0 Å². The molecule has 0 aromatic rings. The fourth-order valence-electron chi connectivity index (χ4n) is 0. The molecular formula is C4H11NO6S. The van der Waals surface area contributed by atoms with Crippen molar-refractivity contribution in [3.05, 3.63) is 0 Å². The number of carboxylic acid groups (broad SMARTS) is 1. The molecule has 8 heteroatoms. The average molecular weight is 201 g/mol. The molecule has 0 aliphatic heterocycles. The molecule has 1 atom stereocenters. The third-order valence-electron chi connectivity index (χ3n) is 0.568. The van der Waals surface area contributed by atoms with Crippen LogP contribution in [0.25, 0.3) is 0 Å². The number of carbonyl (C=O) groups is 1. The van der Waals surface area contributed by atoms with E-state index >= 15 is 0 Å². The molecule has 0 aliphatic rings. The molecule has 0 rings (SSSR count). The molecule has 0 saturated carbocycles. The van der Waals surface area contributed by atoms with Gasteiger partial charge in [0, 0.05) is 0 Å². The lowest BCUT2D eigenvalue weighted by Gasteiger charge is -1.89. The third-order valence-corrected chi connectivity index (χ3v) is 0.989. The molecule has 7 nitrogen and oxygen atoms in total. The SMILES string of the molecule is CC(O)C(=O)O.NCS(=O)(=O)O. The lowest BCUT2D eigenvalue weighted by molar-refractivity contribution is -0.145. The Morgan fingerprint density at radius 1 is 1.58 bits per heavy atom. The minimum Gasteiger partial charge on any atom is -0.479 e. The van der Waals surface area contributed by atoms with E-state index in [1.807, 2.05) is 0 Å². The van der Waals surface area contributed by atoms with Crippen LogP contribution in [0.3, 0.4) is 0 Å². The fourth-order valence-corrected chi connectivity index (χ4v) is 0. The molecule has 74 valence electrons. The van der Waals surface area contributed by atoms with Crippen molar-refractivity contribution in [3.63, 3.8) is 0 Å². The quantitative estimate of drug-likeness (QED) is 0.388. The Balaban J connectivity index is 0. The average Bonchev–Trinajstić information content (AvgIpc) is 1.87. The van der Waals surface area contributed by atoms with E-state index < -0.39 is 28.1 Å². The molecule has 5 N–H and O–H groups in total. The highest BCUT2D eigenvalue weighted by atomic mass is 32.2. The van der Waals surface area contributed by atoms with E-state index in [-0.39, 0.29) is 0 Å². The van der Waals surface area contributed by atoms with Gasteiger partial charge in [-0.25, -0.2) is 4.79 Å². The lowest BCUT2D eigenvalue weighted by Crippen LogP contribution is -2.13. The van der Waals surface area contributed by atoms with Gasteiger partial charge in [0.2, 0.25) is 0 Å². The molecule has 12 heavy (non-hydrogen) atoms. The van der Waals surface area contributed by atoms with E-state index in [1.54, 1.807) is 0 Å². The first kappa shape index (κ1) is 13.9. The minimum atomic E-state index is -3.88. The van der Waals surface area contributed by atoms with Crippen LogP contribution in [0.15, 0.2) is 0 Å². The smallest absolute Gasteiger partial charge is 0.332 e. The van der Waals surface area contributed by atoms with Gasteiger partial charge in [0.1, 0.15) is 12.0 Å². The monoisotopic (exact) mass is 201 g/mol. The van der Waals surface area contributed by atoms with E-state index in [4.69, 9.17) is 14.8 Å². The van der Waals surface area contributed by atoms with Crippen LogP contribution in [-0.2, 0) is 14.9 Å². The van der Waals surface area contributed by atoms with Gasteiger partial charge in [-0.2, -0.15) is 8.42 Å². The van der Waals surface area contributed by atoms with E-state index in [1.165, 1.54) is 6.92 Å². The molecule has 0 spiro atoms. The summed E-state index contributed by atoms with van der Waals surface area (Å²) < 4.78 is 26.5. The maximum atomic E-state index is 9.45. The zero-order valence-corrected chi connectivity index (χ0v) is 7.15. The van der Waals surface area contributed by atoms with Crippen molar-refractivity contribution in [2.45, 2.75) is 13.0 Å². The van der Waals surface area contributed by atoms with E-state index in [0.717, 1.165) is 0 Å². The highest BCUT2D eigenvalue weighted by Gasteiger charge is 2.01. The third kappa shape index (κ3) is 16.1. The second-order valence-corrected chi connectivity index (χ2v) is 3.26. The summed E-state index contributed by atoms with van der Waals surface area (Å²) >= 11 is 0. The second-order valence-electron chi connectivity index (χ2n) is 1.76. The maximum absolute atomic E-state index is 9.45. The topological polar surface area (TPSA) is 138 Å². The number of carboxylic acids is 1. The first-order valence-electron chi connectivity index (χ1n) is 2.76. The van der Waals surface area contributed by atoms with Crippen LogP contribution in [0.4, 0.5) is 0 Å². The number of hydrogen-bond acceptors (Lipinski definition) is 5. The Hall–Kier alpha value is -0.700. The van der Waals surface area contributed by atoms with Crippen molar-refractivity contribution in [2.75, 3.05) is 5.88 Å². The highest BCUT2D eigenvalue weighted by molar-refractivity contribution is 7.85. The number of aliphatic carboxylic acids is 1.